The summed E-state index contributed by atoms with van der Waals surface area (Å²) in [5.41, 5.74) is 2.34. The zero-order chi connectivity index (χ0) is 14.4. The van der Waals surface area contributed by atoms with E-state index in [1.807, 2.05) is 12.1 Å². The highest BCUT2D eigenvalue weighted by atomic mass is 32.1. The van der Waals surface area contributed by atoms with Crippen molar-refractivity contribution in [2.45, 2.75) is 58.3 Å². The van der Waals surface area contributed by atoms with Gasteiger partial charge in [-0.1, -0.05) is 51.7 Å². The molecular weight excluding hydrogens is 262 g/mol. The Hall–Kier alpha value is -0.980. The molecule has 1 nitrogen and oxygen atoms in total. The van der Waals surface area contributed by atoms with Crippen LogP contribution in [0.1, 0.15) is 63.9 Å². The highest BCUT2D eigenvalue weighted by molar-refractivity contribution is 7.78. The van der Waals surface area contributed by atoms with E-state index in [0.717, 1.165) is 17.5 Å². The molecule has 0 N–H and O–H groups in total. The van der Waals surface area contributed by atoms with Crippen molar-refractivity contribution in [1.82, 2.24) is 0 Å². The Bertz CT molecular complexity index is 451. The second-order valence-corrected chi connectivity index (χ2v) is 6.34. The minimum atomic E-state index is 0.656. The molecule has 2 heteroatoms. The van der Waals surface area contributed by atoms with Gasteiger partial charge in [-0.25, -0.2) is 0 Å². The molecule has 0 spiro atoms. The topological polar surface area (TPSA) is 12.4 Å². The second kappa shape index (κ2) is 7.71. The molecule has 1 saturated carbocycles. The minimum absolute atomic E-state index is 0.656. The third kappa shape index (κ3) is 4.01. The molecule has 0 heterocycles. The van der Waals surface area contributed by atoms with Gasteiger partial charge < -0.3 is 0 Å². The first kappa shape index (κ1) is 15.4. The van der Waals surface area contributed by atoms with Crippen molar-refractivity contribution in [2.24, 2.45) is 16.8 Å². The molecular formula is C18H25NS. The molecule has 1 aromatic carbocycles. The molecule has 0 aromatic heterocycles. The van der Waals surface area contributed by atoms with E-state index in [1.54, 1.807) is 0 Å². The van der Waals surface area contributed by atoms with Gasteiger partial charge in [0, 0.05) is 0 Å². The van der Waals surface area contributed by atoms with Crippen LogP contribution in [0.3, 0.4) is 0 Å². The molecule has 20 heavy (non-hydrogen) atoms. The Morgan fingerprint density at radius 3 is 2.40 bits per heavy atom. The predicted octanol–water partition coefficient (Wildman–Crippen LogP) is 6.13. The van der Waals surface area contributed by atoms with Crippen LogP contribution < -0.4 is 0 Å². The van der Waals surface area contributed by atoms with Gasteiger partial charge in [0.15, 0.2) is 0 Å². The van der Waals surface area contributed by atoms with Crippen LogP contribution in [-0.2, 0) is 0 Å². The van der Waals surface area contributed by atoms with Gasteiger partial charge in [0.1, 0.15) is 0 Å². The molecule has 1 aromatic rings. The van der Waals surface area contributed by atoms with E-state index in [0.29, 0.717) is 5.92 Å². The summed E-state index contributed by atoms with van der Waals surface area (Å²) in [6.45, 7) is 4.68. The maximum atomic E-state index is 4.64. The van der Waals surface area contributed by atoms with E-state index in [2.05, 4.69) is 48.4 Å². The second-order valence-electron chi connectivity index (χ2n) is 6.15. The summed E-state index contributed by atoms with van der Waals surface area (Å²) in [7, 11) is 0. The quantitative estimate of drug-likeness (QED) is 0.468. The molecule has 1 atom stereocenters. The number of thiocarbonyl (C=S) groups is 1. The molecule has 0 amide bonds. The van der Waals surface area contributed by atoms with Crippen molar-refractivity contribution in [2.75, 3.05) is 0 Å². The van der Waals surface area contributed by atoms with Gasteiger partial charge in [0.25, 0.3) is 0 Å². The van der Waals surface area contributed by atoms with E-state index in [1.165, 1.54) is 44.1 Å². The summed E-state index contributed by atoms with van der Waals surface area (Å²) < 4.78 is 0. The third-order valence-corrected chi connectivity index (χ3v) is 4.98. The van der Waals surface area contributed by atoms with Crippen molar-refractivity contribution in [1.29, 1.82) is 0 Å². The fraction of sp³-hybridized carbons (Fsp3) is 0.611. The van der Waals surface area contributed by atoms with Crippen LogP contribution in [0.2, 0.25) is 0 Å². The Morgan fingerprint density at radius 2 is 1.85 bits per heavy atom. The summed E-state index contributed by atoms with van der Waals surface area (Å²) in [5.74, 6) is 2.49. The first-order valence-corrected chi connectivity index (χ1v) is 8.33. The summed E-state index contributed by atoms with van der Waals surface area (Å²) in [5, 5.41) is 2.42. The summed E-state index contributed by atoms with van der Waals surface area (Å²) >= 11 is 4.64. The molecule has 0 saturated heterocycles. The van der Waals surface area contributed by atoms with Crippen LogP contribution >= 0.6 is 12.2 Å². The first-order valence-electron chi connectivity index (χ1n) is 7.92. The molecule has 1 aliphatic rings. The van der Waals surface area contributed by atoms with Gasteiger partial charge in [-0.05, 0) is 60.5 Å². The Labute approximate surface area is 128 Å². The lowest BCUT2D eigenvalue weighted by molar-refractivity contribution is 0.239. The minimum Gasteiger partial charge on any atom is -0.195 e. The lowest BCUT2D eigenvalue weighted by Gasteiger charge is -2.32. The predicted molar refractivity (Wildman–Crippen MR) is 89.9 cm³/mol. The van der Waals surface area contributed by atoms with E-state index in [-0.39, 0.29) is 0 Å². The zero-order valence-electron chi connectivity index (χ0n) is 12.6. The summed E-state index contributed by atoms with van der Waals surface area (Å²) in [6.07, 6.45) is 8.40. The van der Waals surface area contributed by atoms with Crippen molar-refractivity contribution < 1.29 is 0 Å². The highest BCUT2D eigenvalue weighted by Gasteiger charge is 2.25. The number of benzene rings is 1. The number of rotatable bonds is 5. The monoisotopic (exact) mass is 287 g/mol. The maximum absolute atomic E-state index is 4.64. The van der Waals surface area contributed by atoms with Crippen LogP contribution in [0.15, 0.2) is 29.3 Å². The lowest BCUT2D eigenvalue weighted by Crippen LogP contribution is -2.19. The van der Waals surface area contributed by atoms with Gasteiger partial charge in [0.2, 0.25) is 0 Å². The number of nitrogens with zero attached hydrogens (tertiary/aromatic N) is 1. The zero-order valence-corrected chi connectivity index (χ0v) is 13.5. The molecule has 1 aliphatic carbocycles. The van der Waals surface area contributed by atoms with E-state index in [9.17, 15) is 0 Å². The molecule has 2 rings (SSSR count). The van der Waals surface area contributed by atoms with Gasteiger partial charge in [-0.3, -0.25) is 0 Å². The lowest BCUT2D eigenvalue weighted by atomic mass is 9.73. The van der Waals surface area contributed by atoms with Gasteiger partial charge in [0.05, 0.1) is 10.8 Å². The van der Waals surface area contributed by atoms with Crippen molar-refractivity contribution in [3.05, 3.63) is 29.8 Å². The molecule has 0 bridgehead atoms. The van der Waals surface area contributed by atoms with Gasteiger partial charge in [-0.15, -0.1) is 0 Å². The van der Waals surface area contributed by atoms with Crippen LogP contribution in [0.5, 0.6) is 0 Å². The summed E-state index contributed by atoms with van der Waals surface area (Å²) in [4.78, 5) is 4.01. The Balaban J connectivity index is 1.94. The van der Waals surface area contributed by atoms with Crippen LogP contribution in [-0.4, -0.2) is 5.16 Å². The standard InChI is InChI=1S/C18H25NS/c1-3-4-15-5-7-16(8-6-15)14(2)17-9-11-18(12-10-17)19-13-20/h9-12,14-16H,3-8H2,1-2H3. The fourth-order valence-electron chi connectivity index (χ4n) is 3.56. The van der Waals surface area contributed by atoms with Crippen LogP contribution in [0, 0.1) is 11.8 Å². The summed E-state index contributed by atoms with van der Waals surface area (Å²) in [6, 6.07) is 8.50. The molecule has 0 radical (unpaired) electrons. The highest BCUT2D eigenvalue weighted by Crippen LogP contribution is 2.39. The Morgan fingerprint density at radius 1 is 1.20 bits per heavy atom. The smallest absolute Gasteiger partial charge is 0.0739 e. The number of isothiocyanates is 1. The molecule has 108 valence electrons. The van der Waals surface area contributed by atoms with E-state index < -0.39 is 0 Å². The fourth-order valence-corrected chi connectivity index (χ4v) is 3.67. The molecule has 1 unspecified atom stereocenters. The molecule has 0 aliphatic heterocycles. The van der Waals surface area contributed by atoms with Crippen molar-refractivity contribution in [3.8, 4) is 0 Å². The van der Waals surface area contributed by atoms with Gasteiger partial charge in [-0.2, -0.15) is 4.99 Å². The number of aliphatic imine (C=N–C) groups is 1. The van der Waals surface area contributed by atoms with E-state index in [4.69, 9.17) is 0 Å². The number of hydrogen-bond donors (Lipinski definition) is 0. The average Bonchev–Trinajstić information content (AvgIpc) is 2.49. The van der Waals surface area contributed by atoms with Crippen LogP contribution in [0.4, 0.5) is 5.69 Å². The SMILES string of the molecule is CCCC1CCC(C(C)c2ccc(N=C=S)cc2)CC1. The normalized spacial score (nSPS) is 23.9. The van der Waals surface area contributed by atoms with Crippen LogP contribution in [0.25, 0.3) is 0 Å². The van der Waals surface area contributed by atoms with Crippen molar-refractivity contribution >= 4 is 23.1 Å². The third-order valence-electron chi connectivity index (χ3n) is 4.89. The van der Waals surface area contributed by atoms with E-state index >= 15 is 0 Å². The Kier molecular flexibility index (Phi) is 5.94. The first-order chi connectivity index (χ1) is 9.74. The van der Waals surface area contributed by atoms with Crippen molar-refractivity contribution in [3.63, 3.8) is 0 Å². The van der Waals surface area contributed by atoms with Gasteiger partial charge >= 0.3 is 0 Å². The average molecular weight is 287 g/mol. The molecule has 1 fully saturated rings. The maximum Gasteiger partial charge on any atom is 0.0739 e. The largest absolute Gasteiger partial charge is 0.195 e. The number of hydrogen-bond acceptors (Lipinski definition) is 2.